The number of carbonyl (C=O) groups is 1. The Morgan fingerprint density at radius 3 is 2.76 bits per heavy atom. The third kappa shape index (κ3) is 4.27. The zero-order valence-corrected chi connectivity index (χ0v) is 17.0. The predicted octanol–water partition coefficient (Wildman–Crippen LogP) is 3.32. The second-order valence-corrected chi connectivity index (χ2v) is 8.41. The molecular formula is C21H24FN5OS. The van der Waals surface area contributed by atoms with Crippen LogP contribution in [0.15, 0.2) is 41.7 Å². The van der Waals surface area contributed by atoms with Gasteiger partial charge in [0.1, 0.15) is 11.1 Å². The minimum atomic E-state index is -0.461. The molecule has 29 heavy (non-hydrogen) atoms. The monoisotopic (exact) mass is 413 g/mol. The van der Waals surface area contributed by atoms with Gasteiger partial charge in [-0.1, -0.05) is 0 Å². The van der Waals surface area contributed by atoms with Gasteiger partial charge in [-0.15, -0.1) is 11.8 Å². The number of nitrogens with zero attached hydrogens (tertiary/aromatic N) is 5. The SMILES string of the molecule is C=NC1CCN(c2cccnc2)C(=O)C1SCc1ccc(N2CCCC2)nc1F. The van der Waals surface area contributed by atoms with Crippen molar-refractivity contribution < 1.29 is 9.18 Å². The Bertz CT molecular complexity index is 875. The summed E-state index contributed by atoms with van der Waals surface area (Å²) in [5.74, 6) is 0.560. The van der Waals surface area contributed by atoms with Crippen molar-refractivity contribution >= 4 is 35.9 Å². The van der Waals surface area contributed by atoms with E-state index in [1.807, 2.05) is 18.2 Å². The first kappa shape index (κ1) is 19.8. The lowest BCUT2D eigenvalue weighted by Gasteiger charge is -2.35. The molecule has 6 nitrogen and oxygen atoms in total. The first-order valence-electron chi connectivity index (χ1n) is 9.86. The average Bonchev–Trinajstić information content (AvgIpc) is 3.29. The summed E-state index contributed by atoms with van der Waals surface area (Å²) in [6, 6.07) is 7.16. The van der Waals surface area contributed by atoms with E-state index in [0.29, 0.717) is 23.7 Å². The number of pyridine rings is 2. The second kappa shape index (κ2) is 8.90. The van der Waals surface area contributed by atoms with Gasteiger partial charge in [0.05, 0.1) is 17.9 Å². The van der Waals surface area contributed by atoms with E-state index in [2.05, 4.69) is 26.6 Å². The van der Waals surface area contributed by atoms with E-state index in [1.165, 1.54) is 11.8 Å². The highest BCUT2D eigenvalue weighted by atomic mass is 32.2. The van der Waals surface area contributed by atoms with Crippen LogP contribution in [0.2, 0.25) is 0 Å². The van der Waals surface area contributed by atoms with Crippen molar-refractivity contribution in [1.29, 1.82) is 0 Å². The number of aromatic nitrogens is 2. The summed E-state index contributed by atoms with van der Waals surface area (Å²) in [7, 11) is 0. The molecule has 1 amide bonds. The molecule has 2 fully saturated rings. The van der Waals surface area contributed by atoms with Crippen LogP contribution in [0.1, 0.15) is 24.8 Å². The summed E-state index contributed by atoms with van der Waals surface area (Å²) < 4.78 is 14.6. The molecule has 0 bridgehead atoms. The maximum absolute atomic E-state index is 14.6. The van der Waals surface area contributed by atoms with Gasteiger partial charge in [0.15, 0.2) is 0 Å². The largest absolute Gasteiger partial charge is 0.357 e. The van der Waals surface area contributed by atoms with E-state index < -0.39 is 11.2 Å². The normalized spacial score (nSPS) is 22.2. The molecule has 2 aliphatic heterocycles. The van der Waals surface area contributed by atoms with E-state index in [0.717, 1.165) is 38.0 Å². The molecule has 0 aliphatic carbocycles. The van der Waals surface area contributed by atoms with Crippen LogP contribution in [0, 0.1) is 5.95 Å². The Kier molecular flexibility index (Phi) is 6.08. The van der Waals surface area contributed by atoms with Crippen LogP contribution in [-0.4, -0.2) is 53.5 Å². The standard InChI is InChI=1S/C21H24FN5OS/c1-23-17-8-12-27(16-5-4-9-24-13-16)21(28)19(17)29-14-15-6-7-18(25-20(15)22)26-10-2-3-11-26/h4-7,9,13,17,19H,1-3,8,10-12,14H2. The second-order valence-electron chi connectivity index (χ2n) is 7.28. The third-order valence-electron chi connectivity index (χ3n) is 5.46. The van der Waals surface area contributed by atoms with Gasteiger partial charge in [-0.25, -0.2) is 4.98 Å². The van der Waals surface area contributed by atoms with Crippen LogP contribution in [0.4, 0.5) is 15.9 Å². The molecule has 0 saturated carbocycles. The van der Waals surface area contributed by atoms with Gasteiger partial charge in [0, 0.05) is 37.1 Å². The highest BCUT2D eigenvalue weighted by molar-refractivity contribution is 7.99. The number of carbonyl (C=O) groups excluding carboxylic acids is 1. The quantitative estimate of drug-likeness (QED) is 0.537. The Hall–Kier alpha value is -2.48. The summed E-state index contributed by atoms with van der Waals surface area (Å²) in [4.78, 5) is 29.4. The number of hydrogen-bond donors (Lipinski definition) is 0. The van der Waals surface area contributed by atoms with Crippen molar-refractivity contribution in [3.05, 3.63) is 48.2 Å². The molecule has 4 rings (SSSR count). The van der Waals surface area contributed by atoms with E-state index in [1.54, 1.807) is 23.4 Å². The number of hydrogen-bond acceptors (Lipinski definition) is 6. The number of halogens is 1. The van der Waals surface area contributed by atoms with E-state index in [9.17, 15) is 9.18 Å². The van der Waals surface area contributed by atoms with Crippen LogP contribution in [-0.2, 0) is 10.5 Å². The minimum Gasteiger partial charge on any atom is -0.357 e. The zero-order chi connectivity index (χ0) is 20.2. The van der Waals surface area contributed by atoms with Crippen molar-refractivity contribution in [2.75, 3.05) is 29.4 Å². The van der Waals surface area contributed by atoms with Crippen LogP contribution in [0.25, 0.3) is 0 Å². The molecule has 0 aromatic carbocycles. The van der Waals surface area contributed by atoms with Gasteiger partial charge in [0.25, 0.3) is 0 Å². The predicted molar refractivity (Wildman–Crippen MR) is 115 cm³/mol. The summed E-state index contributed by atoms with van der Waals surface area (Å²) in [5.41, 5.74) is 1.28. The maximum Gasteiger partial charge on any atom is 0.242 e. The zero-order valence-electron chi connectivity index (χ0n) is 16.2. The van der Waals surface area contributed by atoms with Crippen LogP contribution < -0.4 is 9.80 Å². The minimum absolute atomic E-state index is 0.0336. The van der Waals surface area contributed by atoms with E-state index >= 15 is 0 Å². The maximum atomic E-state index is 14.6. The fraction of sp³-hybridized carbons (Fsp3) is 0.429. The topological polar surface area (TPSA) is 61.7 Å². The number of rotatable bonds is 6. The summed E-state index contributed by atoms with van der Waals surface area (Å²) in [6.45, 7) is 6.08. The highest BCUT2D eigenvalue weighted by Crippen LogP contribution is 2.32. The van der Waals surface area contributed by atoms with Crippen LogP contribution in [0.3, 0.4) is 0 Å². The van der Waals surface area contributed by atoms with Crippen molar-refractivity contribution in [3.63, 3.8) is 0 Å². The molecular weight excluding hydrogens is 389 g/mol. The van der Waals surface area contributed by atoms with Crippen molar-refractivity contribution in [3.8, 4) is 0 Å². The summed E-state index contributed by atoms with van der Waals surface area (Å²) in [6.07, 6.45) is 6.32. The third-order valence-corrected chi connectivity index (χ3v) is 6.81. The van der Waals surface area contributed by atoms with E-state index in [4.69, 9.17) is 0 Å². The number of thioether (sulfide) groups is 1. The molecule has 0 radical (unpaired) electrons. The van der Waals surface area contributed by atoms with Crippen LogP contribution in [0.5, 0.6) is 0 Å². The number of aliphatic imine (C=N–C) groups is 1. The van der Waals surface area contributed by atoms with Crippen LogP contribution >= 0.6 is 11.8 Å². The molecule has 2 aliphatic rings. The molecule has 0 spiro atoms. The van der Waals surface area contributed by atoms with E-state index in [-0.39, 0.29) is 11.9 Å². The van der Waals surface area contributed by atoms with Crippen molar-refractivity contribution in [1.82, 2.24) is 9.97 Å². The summed E-state index contributed by atoms with van der Waals surface area (Å²) >= 11 is 1.40. The van der Waals surface area contributed by atoms with Crippen molar-refractivity contribution in [2.24, 2.45) is 4.99 Å². The Balaban J connectivity index is 1.46. The molecule has 8 heteroatoms. The van der Waals surface area contributed by atoms with Gasteiger partial charge in [0.2, 0.25) is 11.9 Å². The number of piperidine rings is 1. The fourth-order valence-corrected chi connectivity index (χ4v) is 5.13. The molecule has 2 atom stereocenters. The Morgan fingerprint density at radius 1 is 1.24 bits per heavy atom. The van der Waals surface area contributed by atoms with Gasteiger partial charge in [-0.05, 0) is 50.2 Å². The first-order chi connectivity index (χ1) is 14.2. The Labute approximate surface area is 174 Å². The van der Waals surface area contributed by atoms with Gasteiger partial charge >= 0.3 is 0 Å². The molecule has 0 N–H and O–H groups in total. The first-order valence-corrected chi connectivity index (χ1v) is 10.9. The van der Waals surface area contributed by atoms with Gasteiger partial charge in [-0.2, -0.15) is 4.39 Å². The molecule has 2 saturated heterocycles. The molecule has 2 unspecified atom stereocenters. The van der Waals surface area contributed by atoms with Gasteiger partial charge < -0.3 is 9.80 Å². The average molecular weight is 414 g/mol. The van der Waals surface area contributed by atoms with Crippen molar-refractivity contribution in [2.45, 2.75) is 36.3 Å². The lowest BCUT2D eigenvalue weighted by molar-refractivity contribution is -0.119. The molecule has 4 heterocycles. The smallest absolute Gasteiger partial charge is 0.242 e. The fourth-order valence-electron chi connectivity index (χ4n) is 3.84. The molecule has 2 aromatic heterocycles. The number of amides is 1. The summed E-state index contributed by atoms with van der Waals surface area (Å²) in [5, 5.41) is -0.404. The van der Waals surface area contributed by atoms with Gasteiger partial charge in [-0.3, -0.25) is 14.8 Å². The Morgan fingerprint density at radius 2 is 2.07 bits per heavy atom. The molecule has 152 valence electrons. The highest BCUT2D eigenvalue weighted by Gasteiger charge is 2.37. The lowest BCUT2D eigenvalue weighted by Crippen LogP contribution is -2.49. The molecule has 2 aromatic rings. The lowest BCUT2D eigenvalue weighted by atomic mass is 10.0. The number of anilines is 2.